The Morgan fingerprint density at radius 1 is 1.53 bits per heavy atom. The van der Waals surface area contributed by atoms with E-state index in [2.05, 4.69) is 4.98 Å². The monoisotopic (exact) mass is 262 g/mol. The molecule has 1 aromatic rings. The lowest BCUT2D eigenvalue weighted by atomic mass is 10.1. The van der Waals surface area contributed by atoms with Crippen molar-refractivity contribution in [2.75, 3.05) is 11.4 Å². The lowest BCUT2D eigenvalue weighted by Gasteiger charge is -2.25. The molecule has 19 heavy (non-hydrogen) atoms. The minimum atomic E-state index is -0.901. The summed E-state index contributed by atoms with van der Waals surface area (Å²) in [4.78, 5) is 29.1. The third kappa shape index (κ3) is 3.10. The van der Waals surface area contributed by atoms with Gasteiger partial charge in [0.05, 0.1) is 5.92 Å². The second kappa shape index (κ2) is 5.38. The van der Waals surface area contributed by atoms with Crippen molar-refractivity contribution in [1.29, 1.82) is 0 Å². The minimum Gasteiger partial charge on any atom is -0.481 e. The van der Waals surface area contributed by atoms with Gasteiger partial charge >= 0.3 is 5.97 Å². The number of aryl methyl sites for hydroxylation is 1. The first-order valence-corrected chi connectivity index (χ1v) is 6.46. The zero-order chi connectivity index (χ0) is 14.0. The summed E-state index contributed by atoms with van der Waals surface area (Å²) >= 11 is 0. The molecule has 5 nitrogen and oxygen atoms in total. The van der Waals surface area contributed by atoms with E-state index in [1.54, 1.807) is 19.2 Å². The van der Waals surface area contributed by atoms with Gasteiger partial charge in [0.25, 0.3) is 0 Å². The van der Waals surface area contributed by atoms with Crippen LogP contribution in [-0.2, 0) is 9.59 Å². The number of carbonyl (C=O) groups is 2. The normalized spacial score (nSPS) is 15.9. The van der Waals surface area contributed by atoms with Crippen molar-refractivity contribution in [3.63, 3.8) is 0 Å². The fourth-order valence-corrected chi connectivity index (χ4v) is 1.94. The first-order chi connectivity index (χ1) is 9.00. The van der Waals surface area contributed by atoms with Crippen molar-refractivity contribution in [3.05, 3.63) is 23.9 Å². The third-order valence-corrected chi connectivity index (χ3v) is 3.31. The van der Waals surface area contributed by atoms with Gasteiger partial charge in [-0.25, -0.2) is 4.98 Å². The van der Waals surface area contributed by atoms with Crippen molar-refractivity contribution in [2.45, 2.75) is 26.7 Å². The standard InChI is InChI=1S/C14H18N2O3/c1-9-4-3-7-15-12(9)16(8-10(2)14(18)19)13(17)11-5-6-11/h3-4,7,10-11H,5-6,8H2,1-2H3,(H,18,19). The first kappa shape index (κ1) is 13.5. The zero-order valence-corrected chi connectivity index (χ0v) is 11.2. The fourth-order valence-electron chi connectivity index (χ4n) is 1.94. The Hall–Kier alpha value is -1.91. The highest BCUT2D eigenvalue weighted by atomic mass is 16.4. The maximum absolute atomic E-state index is 12.3. The summed E-state index contributed by atoms with van der Waals surface area (Å²) in [6.07, 6.45) is 3.41. The molecule has 0 radical (unpaired) electrons. The molecular formula is C14H18N2O3. The molecule has 1 aliphatic rings. The Balaban J connectivity index is 2.26. The van der Waals surface area contributed by atoms with Crippen molar-refractivity contribution in [3.8, 4) is 0 Å². The van der Waals surface area contributed by atoms with Crippen LogP contribution in [0.1, 0.15) is 25.3 Å². The van der Waals surface area contributed by atoms with Crippen molar-refractivity contribution >= 4 is 17.7 Å². The van der Waals surface area contributed by atoms with Crippen LogP contribution in [-0.4, -0.2) is 28.5 Å². The van der Waals surface area contributed by atoms with Crippen molar-refractivity contribution in [1.82, 2.24) is 4.98 Å². The van der Waals surface area contributed by atoms with Crippen LogP contribution < -0.4 is 4.90 Å². The average molecular weight is 262 g/mol. The number of nitrogens with zero attached hydrogens (tertiary/aromatic N) is 2. The number of aliphatic carboxylic acids is 1. The highest BCUT2D eigenvalue weighted by Gasteiger charge is 2.36. The van der Waals surface area contributed by atoms with Gasteiger partial charge in [-0.05, 0) is 31.4 Å². The fraction of sp³-hybridized carbons (Fsp3) is 0.500. The second-order valence-corrected chi connectivity index (χ2v) is 5.11. The Labute approximate surface area is 112 Å². The highest BCUT2D eigenvalue weighted by molar-refractivity contribution is 5.96. The van der Waals surface area contributed by atoms with Gasteiger partial charge in [-0.1, -0.05) is 13.0 Å². The first-order valence-electron chi connectivity index (χ1n) is 6.46. The van der Waals surface area contributed by atoms with Crippen LogP contribution in [0, 0.1) is 18.8 Å². The summed E-state index contributed by atoms with van der Waals surface area (Å²) in [5.74, 6) is -0.893. The summed E-state index contributed by atoms with van der Waals surface area (Å²) in [7, 11) is 0. The summed E-state index contributed by atoms with van der Waals surface area (Å²) in [6, 6.07) is 3.68. The molecular weight excluding hydrogens is 244 g/mol. The molecule has 2 rings (SSSR count). The van der Waals surface area contributed by atoms with Crippen LogP contribution in [0.3, 0.4) is 0 Å². The van der Waals surface area contributed by atoms with Gasteiger partial charge in [-0.2, -0.15) is 0 Å². The summed E-state index contributed by atoms with van der Waals surface area (Å²) < 4.78 is 0. The smallest absolute Gasteiger partial charge is 0.308 e. The molecule has 1 atom stereocenters. The van der Waals surface area contributed by atoms with E-state index in [0.717, 1.165) is 18.4 Å². The number of carboxylic acids is 1. The molecule has 1 fully saturated rings. The maximum Gasteiger partial charge on any atom is 0.308 e. The Kier molecular flexibility index (Phi) is 3.83. The van der Waals surface area contributed by atoms with E-state index in [1.165, 1.54) is 4.90 Å². The molecule has 1 heterocycles. The van der Waals surface area contributed by atoms with Crippen LogP contribution in [0.15, 0.2) is 18.3 Å². The topological polar surface area (TPSA) is 70.5 Å². The van der Waals surface area contributed by atoms with Gasteiger partial charge in [0.15, 0.2) is 0 Å². The number of hydrogen-bond donors (Lipinski definition) is 1. The van der Waals surface area contributed by atoms with Gasteiger partial charge in [0.2, 0.25) is 5.91 Å². The second-order valence-electron chi connectivity index (χ2n) is 5.11. The van der Waals surface area contributed by atoms with Gasteiger partial charge in [0.1, 0.15) is 5.82 Å². The SMILES string of the molecule is Cc1cccnc1N(CC(C)C(=O)O)C(=O)C1CC1. The van der Waals surface area contributed by atoms with Crippen LogP contribution in [0.5, 0.6) is 0 Å². The number of amides is 1. The summed E-state index contributed by atoms with van der Waals surface area (Å²) in [5, 5.41) is 9.02. The Bertz CT molecular complexity index is 497. The predicted octanol–water partition coefficient (Wildman–Crippen LogP) is 1.85. The molecule has 0 aliphatic heterocycles. The molecule has 0 aromatic carbocycles. The molecule has 0 spiro atoms. The lowest BCUT2D eigenvalue weighted by Crippen LogP contribution is -2.39. The van der Waals surface area contributed by atoms with E-state index in [0.29, 0.717) is 5.82 Å². The number of carbonyl (C=O) groups excluding carboxylic acids is 1. The molecule has 1 saturated carbocycles. The van der Waals surface area contributed by atoms with Crippen LogP contribution in [0.2, 0.25) is 0 Å². The Morgan fingerprint density at radius 3 is 2.74 bits per heavy atom. The van der Waals surface area contributed by atoms with Crippen LogP contribution >= 0.6 is 0 Å². The molecule has 102 valence electrons. The molecule has 0 saturated heterocycles. The van der Waals surface area contributed by atoms with Gasteiger partial charge < -0.3 is 5.11 Å². The largest absolute Gasteiger partial charge is 0.481 e. The zero-order valence-electron chi connectivity index (χ0n) is 11.2. The van der Waals surface area contributed by atoms with Gasteiger partial charge in [0, 0.05) is 18.7 Å². The minimum absolute atomic E-state index is 0.00472. The average Bonchev–Trinajstić information content (AvgIpc) is 3.20. The van der Waals surface area contributed by atoms with Gasteiger partial charge in [-0.15, -0.1) is 0 Å². The van der Waals surface area contributed by atoms with Crippen molar-refractivity contribution in [2.24, 2.45) is 11.8 Å². The number of hydrogen-bond acceptors (Lipinski definition) is 3. The molecule has 1 amide bonds. The predicted molar refractivity (Wildman–Crippen MR) is 70.9 cm³/mol. The van der Waals surface area contributed by atoms with Crippen molar-refractivity contribution < 1.29 is 14.7 Å². The molecule has 5 heteroatoms. The molecule has 0 bridgehead atoms. The van der Waals surface area contributed by atoms with E-state index in [-0.39, 0.29) is 18.4 Å². The molecule has 1 aromatic heterocycles. The summed E-state index contributed by atoms with van der Waals surface area (Å²) in [6.45, 7) is 3.65. The van der Waals surface area contributed by atoms with E-state index in [9.17, 15) is 9.59 Å². The number of anilines is 1. The van der Waals surface area contributed by atoms with Gasteiger partial charge in [-0.3, -0.25) is 14.5 Å². The molecule has 1 unspecified atom stereocenters. The lowest BCUT2D eigenvalue weighted by molar-refractivity contribution is -0.140. The van der Waals surface area contributed by atoms with E-state index >= 15 is 0 Å². The van der Waals surface area contributed by atoms with Crippen LogP contribution in [0.4, 0.5) is 5.82 Å². The number of pyridine rings is 1. The molecule has 1 N–H and O–H groups in total. The maximum atomic E-state index is 12.3. The number of aromatic nitrogens is 1. The Morgan fingerprint density at radius 2 is 2.21 bits per heavy atom. The molecule has 1 aliphatic carbocycles. The summed E-state index contributed by atoms with van der Waals surface area (Å²) in [5.41, 5.74) is 0.883. The third-order valence-electron chi connectivity index (χ3n) is 3.31. The van der Waals surface area contributed by atoms with Crippen LogP contribution in [0.25, 0.3) is 0 Å². The van der Waals surface area contributed by atoms with E-state index in [1.807, 2.05) is 13.0 Å². The van der Waals surface area contributed by atoms with E-state index < -0.39 is 11.9 Å². The van der Waals surface area contributed by atoms with E-state index in [4.69, 9.17) is 5.11 Å². The number of carboxylic acid groups (broad SMARTS) is 1. The highest BCUT2D eigenvalue weighted by Crippen LogP contribution is 2.33. The quantitative estimate of drug-likeness (QED) is 0.879. The number of rotatable bonds is 5.